The summed E-state index contributed by atoms with van der Waals surface area (Å²) >= 11 is 0. The zero-order chi connectivity index (χ0) is 14.5. The maximum absolute atomic E-state index is 12.4. The van der Waals surface area contributed by atoms with Crippen molar-refractivity contribution in [2.75, 3.05) is 20.2 Å². The van der Waals surface area contributed by atoms with E-state index in [1.165, 1.54) is 12.8 Å². The van der Waals surface area contributed by atoms with Crippen molar-refractivity contribution >= 4 is 5.91 Å². The Bertz CT molecular complexity index is 550. The average molecular weight is 271 g/mol. The smallest absolute Gasteiger partial charge is 0.253 e. The van der Waals surface area contributed by atoms with Crippen LogP contribution in [0.3, 0.4) is 0 Å². The number of carbonyl (C=O) groups excluding carboxylic acids is 1. The van der Waals surface area contributed by atoms with Gasteiger partial charge in [-0.25, -0.2) is 0 Å². The second kappa shape index (κ2) is 6.58. The number of rotatable bonds is 4. The van der Waals surface area contributed by atoms with Crippen LogP contribution >= 0.6 is 0 Å². The van der Waals surface area contributed by atoms with Crippen molar-refractivity contribution in [2.45, 2.75) is 26.2 Å². The van der Waals surface area contributed by atoms with Crippen LogP contribution in [0.15, 0.2) is 18.2 Å². The maximum atomic E-state index is 12.4. The molecule has 0 aliphatic heterocycles. The summed E-state index contributed by atoms with van der Waals surface area (Å²) < 4.78 is 0. The highest BCUT2D eigenvalue weighted by molar-refractivity contribution is 5.95. The zero-order valence-electron chi connectivity index (χ0n) is 12.1. The monoisotopic (exact) mass is 271 g/mol. The van der Waals surface area contributed by atoms with Crippen molar-refractivity contribution in [3.8, 4) is 11.8 Å². The summed E-state index contributed by atoms with van der Waals surface area (Å²) in [6, 6.07) is 5.70. The average Bonchev–Trinajstić information content (AvgIpc) is 3.24. The molecule has 0 aromatic heterocycles. The van der Waals surface area contributed by atoms with E-state index in [1.54, 1.807) is 0 Å². The molecule has 20 heavy (non-hydrogen) atoms. The number of aliphatic hydroxyl groups excluding tert-OH is 1. The number of benzene rings is 1. The lowest BCUT2D eigenvalue weighted by molar-refractivity contribution is 0.0788. The van der Waals surface area contributed by atoms with E-state index in [4.69, 9.17) is 5.11 Å². The summed E-state index contributed by atoms with van der Waals surface area (Å²) in [7, 11) is 1.87. The zero-order valence-corrected chi connectivity index (χ0v) is 12.1. The second-order valence-corrected chi connectivity index (χ2v) is 5.43. The number of carbonyl (C=O) groups is 1. The fourth-order valence-corrected chi connectivity index (χ4v) is 2.13. The van der Waals surface area contributed by atoms with E-state index in [9.17, 15) is 4.79 Å². The molecule has 1 aromatic carbocycles. The molecule has 3 heteroatoms. The molecule has 2 rings (SSSR count). The van der Waals surface area contributed by atoms with Crippen LogP contribution in [0.5, 0.6) is 0 Å². The number of amides is 1. The number of aryl methyl sites for hydroxylation is 1. The van der Waals surface area contributed by atoms with Crippen molar-refractivity contribution in [2.24, 2.45) is 5.92 Å². The van der Waals surface area contributed by atoms with Crippen LogP contribution in [-0.2, 0) is 0 Å². The van der Waals surface area contributed by atoms with E-state index in [1.807, 2.05) is 37.1 Å². The van der Waals surface area contributed by atoms with Crippen molar-refractivity contribution in [3.05, 3.63) is 34.9 Å². The van der Waals surface area contributed by atoms with Crippen LogP contribution in [0.25, 0.3) is 0 Å². The Morgan fingerprint density at radius 2 is 2.20 bits per heavy atom. The van der Waals surface area contributed by atoms with Gasteiger partial charge in [-0.2, -0.15) is 0 Å². The van der Waals surface area contributed by atoms with Crippen molar-refractivity contribution < 1.29 is 9.90 Å². The minimum Gasteiger partial charge on any atom is -0.395 e. The summed E-state index contributed by atoms with van der Waals surface area (Å²) in [5.74, 6) is 6.62. The van der Waals surface area contributed by atoms with Crippen LogP contribution in [0.1, 0.15) is 40.7 Å². The lowest BCUT2D eigenvalue weighted by Gasteiger charge is -2.18. The standard InChI is InChI=1S/C17H21NO2/c1-13-6-7-14(5-3-4-10-19)11-16(13)17(20)18(2)12-15-8-9-15/h6-7,11,15,19H,4,8-10,12H2,1-2H3. The largest absolute Gasteiger partial charge is 0.395 e. The van der Waals surface area contributed by atoms with Crippen LogP contribution in [0.2, 0.25) is 0 Å². The third-order valence-corrected chi connectivity index (χ3v) is 3.51. The fourth-order valence-electron chi connectivity index (χ4n) is 2.13. The van der Waals surface area contributed by atoms with E-state index in [0.717, 1.165) is 23.2 Å². The van der Waals surface area contributed by atoms with Gasteiger partial charge in [-0.15, -0.1) is 0 Å². The van der Waals surface area contributed by atoms with Gasteiger partial charge in [0.05, 0.1) is 6.61 Å². The topological polar surface area (TPSA) is 40.5 Å². The van der Waals surface area contributed by atoms with Gasteiger partial charge in [-0.05, 0) is 43.4 Å². The van der Waals surface area contributed by atoms with Gasteiger partial charge in [-0.1, -0.05) is 17.9 Å². The Balaban J connectivity index is 2.14. The van der Waals surface area contributed by atoms with Crippen molar-refractivity contribution in [1.29, 1.82) is 0 Å². The first-order valence-electron chi connectivity index (χ1n) is 7.07. The molecule has 1 aromatic rings. The molecule has 1 aliphatic carbocycles. The van der Waals surface area contributed by atoms with Gasteiger partial charge in [0.1, 0.15) is 0 Å². The molecule has 0 saturated heterocycles. The molecule has 0 radical (unpaired) electrons. The van der Waals surface area contributed by atoms with E-state index in [-0.39, 0.29) is 12.5 Å². The minimum absolute atomic E-state index is 0.0643. The fraction of sp³-hybridized carbons (Fsp3) is 0.471. The predicted octanol–water partition coefficient (Wildman–Crippen LogP) is 2.21. The molecule has 106 valence electrons. The molecule has 3 nitrogen and oxygen atoms in total. The Morgan fingerprint density at radius 1 is 1.45 bits per heavy atom. The molecule has 1 fully saturated rings. The summed E-state index contributed by atoms with van der Waals surface area (Å²) in [4.78, 5) is 14.3. The van der Waals surface area contributed by atoms with Gasteiger partial charge in [0.2, 0.25) is 0 Å². The summed E-state index contributed by atoms with van der Waals surface area (Å²) in [5, 5.41) is 8.73. The Kier molecular flexibility index (Phi) is 4.81. The summed E-state index contributed by atoms with van der Waals surface area (Å²) in [5.41, 5.74) is 2.53. The third-order valence-electron chi connectivity index (χ3n) is 3.51. The van der Waals surface area contributed by atoms with Gasteiger partial charge in [0, 0.05) is 31.1 Å². The van der Waals surface area contributed by atoms with E-state index < -0.39 is 0 Å². The molecule has 0 spiro atoms. The Hall–Kier alpha value is -1.79. The van der Waals surface area contributed by atoms with E-state index >= 15 is 0 Å². The molecule has 0 heterocycles. The molecule has 1 aliphatic rings. The van der Waals surface area contributed by atoms with Gasteiger partial charge >= 0.3 is 0 Å². The number of hydrogen-bond acceptors (Lipinski definition) is 2. The SMILES string of the molecule is Cc1ccc(C#CCCO)cc1C(=O)N(C)CC1CC1. The lowest BCUT2D eigenvalue weighted by Crippen LogP contribution is -2.29. The number of nitrogens with zero attached hydrogens (tertiary/aromatic N) is 1. The summed E-state index contributed by atoms with van der Waals surface area (Å²) in [6.45, 7) is 2.86. The Morgan fingerprint density at radius 3 is 2.85 bits per heavy atom. The predicted molar refractivity (Wildman–Crippen MR) is 79.4 cm³/mol. The second-order valence-electron chi connectivity index (χ2n) is 5.43. The van der Waals surface area contributed by atoms with Crippen LogP contribution in [-0.4, -0.2) is 36.1 Å². The molecular formula is C17H21NO2. The minimum atomic E-state index is 0.0643. The number of hydrogen-bond donors (Lipinski definition) is 1. The quantitative estimate of drug-likeness (QED) is 0.853. The first-order valence-corrected chi connectivity index (χ1v) is 7.07. The first-order chi connectivity index (χ1) is 9.61. The molecule has 1 N–H and O–H groups in total. The van der Waals surface area contributed by atoms with Gasteiger partial charge in [-0.3, -0.25) is 4.79 Å². The van der Waals surface area contributed by atoms with Gasteiger partial charge in [0.25, 0.3) is 5.91 Å². The highest BCUT2D eigenvalue weighted by Gasteiger charge is 2.25. The van der Waals surface area contributed by atoms with Crippen molar-refractivity contribution in [1.82, 2.24) is 4.90 Å². The molecule has 1 saturated carbocycles. The highest BCUT2D eigenvalue weighted by atomic mass is 16.2. The lowest BCUT2D eigenvalue weighted by atomic mass is 10.0. The van der Waals surface area contributed by atoms with E-state index in [0.29, 0.717) is 12.3 Å². The van der Waals surface area contributed by atoms with Crippen LogP contribution in [0.4, 0.5) is 0 Å². The van der Waals surface area contributed by atoms with E-state index in [2.05, 4.69) is 11.8 Å². The molecular weight excluding hydrogens is 250 g/mol. The van der Waals surface area contributed by atoms with Gasteiger partial charge in [0.15, 0.2) is 0 Å². The van der Waals surface area contributed by atoms with Crippen LogP contribution in [0, 0.1) is 24.7 Å². The van der Waals surface area contributed by atoms with Crippen LogP contribution < -0.4 is 0 Å². The number of aliphatic hydroxyl groups is 1. The van der Waals surface area contributed by atoms with Crippen molar-refractivity contribution in [3.63, 3.8) is 0 Å². The third kappa shape index (κ3) is 3.85. The van der Waals surface area contributed by atoms with Gasteiger partial charge < -0.3 is 10.0 Å². The highest BCUT2D eigenvalue weighted by Crippen LogP contribution is 2.29. The first kappa shape index (κ1) is 14.6. The molecule has 0 unspecified atom stereocenters. The molecule has 0 bridgehead atoms. The maximum Gasteiger partial charge on any atom is 0.253 e. The normalized spacial score (nSPS) is 13.6. The molecule has 1 amide bonds. The Labute approximate surface area is 120 Å². The summed E-state index contributed by atoms with van der Waals surface area (Å²) in [6.07, 6.45) is 2.94. The molecule has 0 atom stereocenters.